The molecule has 6 heteroatoms. The minimum absolute atomic E-state index is 0.379. The highest BCUT2D eigenvalue weighted by Gasteiger charge is 2.30. The van der Waals surface area contributed by atoms with Crippen molar-refractivity contribution in [2.24, 2.45) is 0 Å². The van der Waals surface area contributed by atoms with Gasteiger partial charge in [-0.15, -0.1) is 0 Å². The third kappa shape index (κ3) is 4.60. The third-order valence-corrected chi connectivity index (χ3v) is 5.24. The first-order chi connectivity index (χ1) is 11.6. The number of hydrogen-bond donors (Lipinski definition) is 1. The number of nitrogens with zero attached hydrogens (tertiary/aromatic N) is 1. The summed E-state index contributed by atoms with van der Waals surface area (Å²) in [4.78, 5) is 12.6. The van der Waals surface area contributed by atoms with Crippen LogP contribution in [0.5, 0.6) is 0 Å². The van der Waals surface area contributed by atoms with Gasteiger partial charge in [0.25, 0.3) is 0 Å². The predicted octanol–water partition coefficient (Wildman–Crippen LogP) is 3.41. The second-order valence-electron chi connectivity index (χ2n) is 6.38. The molecule has 0 aliphatic heterocycles. The zero-order chi connectivity index (χ0) is 18.8. The molecule has 5 nitrogen and oxygen atoms in total. The van der Waals surface area contributed by atoms with E-state index in [-0.39, 0.29) is 5.91 Å². The van der Waals surface area contributed by atoms with Crippen LogP contribution in [-0.4, -0.2) is 26.6 Å². The van der Waals surface area contributed by atoms with Gasteiger partial charge in [0, 0.05) is 5.69 Å². The summed E-state index contributed by atoms with van der Waals surface area (Å²) in [5, 5.41) is 2.78. The lowest BCUT2D eigenvalue weighted by atomic mass is 10.1. The number of amides is 1. The second-order valence-corrected chi connectivity index (χ2v) is 8.24. The molecule has 0 heterocycles. The zero-order valence-electron chi connectivity index (χ0n) is 15.2. The fourth-order valence-electron chi connectivity index (χ4n) is 2.62. The number of carbonyl (C=O) groups is 1. The van der Waals surface area contributed by atoms with Gasteiger partial charge in [-0.05, 0) is 57.0 Å². The summed E-state index contributed by atoms with van der Waals surface area (Å²) in [7, 11) is -3.63. The first-order valence-corrected chi connectivity index (χ1v) is 9.88. The van der Waals surface area contributed by atoms with Crippen LogP contribution in [0.2, 0.25) is 0 Å². The topological polar surface area (TPSA) is 66.5 Å². The van der Waals surface area contributed by atoms with Gasteiger partial charge in [0.2, 0.25) is 15.9 Å². The molecule has 0 bridgehead atoms. The molecule has 0 spiro atoms. The van der Waals surface area contributed by atoms with Crippen LogP contribution in [-0.2, 0) is 14.8 Å². The molecular weight excluding hydrogens is 336 g/mol. The van der Waals surface area contributed by atoms with Crippen LogP contribution in [0.25, 0.3) is 0 Å². The van der Waals surface area contributed by atoms with Crippen molar-refractivity contribution in [1.82, 2.24) is 0 Å². The van der Waals surface area contributed by atoms with E-state index in [1.807, 2.05) is 45.0 Å². The van der Waals surface area contributed by atoms with Crippen molar-refractivity contribution in [3.8, 4) is 0 Å². The Balaban J connectivity index is 2.36. The fourth-order valence-corrected chi connectivity index (χ4v) is 3.85. The number of anilines is 2. The molecule has 1 unspecified atom stereocenters. The van der Waals surface area contributed by atoms with E-state index in [9.17, 15) is 13.2 Å². The van der Waals surface area contributed by atoms with Gasteiger partial charge >= 0.3 is 0 Å². The Kier molecular flexibility index (Phi) is 5.52. The first-order valence-electron chi connectivity index (χ1n) is 8.04. The number of hydrogen-bond acceptors (Lipinski definition) is 3. The quantitative estimate of drug-likeness (QED) is 0.888. The normalized spacial score (nSPS) is 12.5. The van der Waals surface area contributed by atoms with E-state index >= 15 is 0 Å². The second kappa shape index (κ2) is 7.27. The predicted molar refractivity (Wildman–Crippen MR) is 103 cm³/mol. The molecule has 25 heavy (non-hydrogen) atoms. The minimum Gasteiger partial charge on any atom is -0.324 e. The van der Waals surface area contributed by atoms with Crippen molar-refractivity contribution in [2.45, 2.75) is 33.7 Å². The molecule has 2 aromatic carbocycles. The van der Waals surface area contributed by atoms with Crippen LogP contribution < -0.4 is 9.62 Å². The van der Waals surface area contributed by atoms with E-state index in [1.54, 1.807) is 25.1 Å². The molecule has 0 saturated heterocycles. The number of aryl methyl sites for hydroxylation is 3. The van der Waals surface area contributed by atoms with Crippen molar-refractivity contribution in [2.75, 3.05) is 15.9 Å². The minimum atomic E-state index is -3.63. The van der Waals surface area contributed by atoms with Crippen LogP contribution in [0.4, 0.5) is 11.4 Å². The van der Waals surface area contributed by atoms with Gasteiger partial charge in [0.1, 0.15) is 6.04 Å². The van der Waals surface area contributed by atoms with E-state index in [0.717, 1.165) is 22.9 Å². The summed E-state index contributed by atoms with van der Waals surface area (Å²) in [5.41, 5.74) is 3.97. The maximum Gasteiger partial charge on any atom is 0.247 e. The molecule has 1 N–H and O–H groups in total. The molecule has 134 valence electrons. The number of benzene rings is 2. The number of nitrogens with one attached hydrogen (secondary N) is 1. The van der Waals surface area contributed by atoms with Crippen LogP contribution in [0.15, 0.2) is 42.5 Å². The standard InChI is InChI=1S/C19H24N2O3S/c1-13-7-10-17(11-8-13)20-19(22)16(4)21(25(5,23)24)18-12-14(2)6-9-15(18)3/h6-12,16H,1-5H3,(H,20,22). The molecule has 0 aliphatic rings. The van der Waals surface area contributed by atoms with Crippen molar-refractivity contribution >= 4 is 27.3 Å². The summed E-state index contributed by atoms with van der Waals surface area (Å²) in [6.45, 7) is 7.27. The lowest BCUT2D eigenvalue weighted by Gasteiger charge is -2.29. The molecule has 1 amide bonds. The van der Waals surface area contributed by atoms with Crippen LogP contribution in [0.3, 0.4) is 0 Å². The van der Waals surface area contributed by atoms with Crippen LogP contribution >= 0.6 is 0 Å². The van der Waals surface area contributed by atoms with Gasteiger partial charge in [-0.1, -0.05) is 29.8 Å². The molecule has 0 aromatic heterocycles. The molecule has 0 aliphatic carbocycles. The van der Waals surface area contributed by atoms with E-state index in [4.69, 9.17) is 0 Å². The molecule has 0 fully saturated rings. The molecule has 2 rings (SSSR count). The molecule has 0 radical (unpaired) electrons. The average Bonchev–Trinajstić information content (AvgIpc) is 2.51. The molecule has 1 atom stereocenters. The Labute approximate surface area is 149 Å². The van der Waals surface area contributed by atoms with Crippen molar-refractivity contribution in [1.29, 1.82) is 0 Å². The van der Waals surface area contributed by atoms with Gasteiger partial charge in [-0.3, -0.25) is 9.10 Å². The smallest absolute Gasteiger partial charge is 0.247 e. The van der Waals surface area contributed by atoms with E-state index < -0.39 is 16.1 Å². The zero-order valence-corrected chi connectivity index (χ0v) is 16.0. The van der Waals surface area contributed by atoms with Crippen LogP contribution in [0.1, 0.15) is 23.6 Å². The maximum absolute atomic E-state index is 12.6. The maximum atomic E-state index is 12.6. The SMILES string of the molecule is Cc1ccc(NC(=O)C(C)N(c2cc(C)ccc2C)S(C)(=O)=O)cc1. The Bertz CT molecular complexity index is 874. The summed E-state index contributed by atoms with van der Waals surface area (Å²) in [6.07, 6.45) is 1.12. The number of rotatable bonds is 5. The van der Waals surface area contributed by atoms with Gasteiger partial charge < -0.3 is 5.32 Å². The summed E-state index contributed by atoms with van der Waals surface area (Å²) >= 11 is 0. The highest BCUT2D eigenvalue weighted by Crippen LogP contribution is 2.26. The Morgan fingerprint density at radius 1 is 1.00 bits per heavy atom. The Morgan fingerprint density at radius 2 is 1.56 bits per heavy atom. The highest BCUT2D eigenvalue weighted by atomic mass is 32.2. The number of carbonyl (C=O) groups excluding carboxylic acids is 1. The molecular formula is C19H24N2O3S. The first kappa shape index (κ1) is 19.0. The average molecular weight is 360 g/mol. The summed E-state index contributed by atoms with van der Waals surface area (Å²) < 4.78 is 25.9. The van der Waals surface area contributed by atoms with Crippen LogP contribution in [0, 0.1) is 20.8 Å². The lowest BCUT2D eigenvalue weighted by Crippen LogP contribution is -2.45. The molecule has 0 saturated carbocycles. The van der Waals surface area contributed by atoms with E-state index in [2.05, 4.69) is 5.32 Å². The van der Waals surface area contributed by atoms with Gasteiger partial charge in [-0.2, -0.15) is 0 Å². The highest BCUT2D eigenvalue weighted by molar-refractivity contribution is 7.92. The van der Waals surface area contributed by atoms with Gasteiger partial charge in [-0.25, -0.2) is 8.42 Å². The van der Waals surface area contributed by atoms with Crippen molar-refractivity contribution in [3.63, 3.8) is 0 Å². The van der Waals surface area contributed by atoms with Crippen molar-refractivity contribution < 1.29 is 13.2 Å². The Hall–Kier alpha value is -2.34. The largest absolute Gasteiger partial charge is 0.324 e. The fraction of sp³-hybridized carbons (Fsp3) is 0.316. The number of sulfonamides is 1. The monoisotopic (exact) mass is 360 g/mol. The Morgan fingerprint density at radius 3 is 2.12 bits per heavy atom. The van der Waals surface area contributed by atoms with Gasteiger partial charge in [0.15, 0.2) is 0 Å². The van der Waals surface area contributed by atoms with E-state index in [0.29, 0.717) is 11.4 Å². The summed E-state index contributed by atoms with van der Waals surface area (Å²) in [5.74, 6) is -0.379. The molecule has 2 aromatic rings. The third-order valence-electron chi connectivity index (χ3n) is 4.01. The summed E-state index contributed by atoms with van der Waals surface area (Å²) in [6, 6.07) is 12.0. The lowest BCUT2D eigenvalue weighted by molar-refractivity contribution is -0.116. The van der Waals surface area contributed by atoms with Gasteiger partial charge in [0.05, 0.1) is 11.9 Å². The van der Waals surface area contributed by atoms with E-state index in [1.165, 1.54) is 4.31 Å². The van der Waals surface area contributed by atoms with Crippen molar-refractivity contribution in [3.05, 3.63) is 59.2 Å².